The molecule has 3 nitrogen and oxygen atoms in total. The van der Waals surface area contributed by atoms with Crippen LogP contribution in [0.4, 0.5) is 0 Å². The van der Waals surface area contributed by atoms with Gasteiger partial charge in [0.15, 0.2) is 0 Å². The monoisotopic (exact) mass is 363 g/mol. The van der Waals surface area contributed by atoms with Crippen LogP contribution in [0.2, 0.25) is 0 Å². The lowest BCUT2D eigenvalue weighted by molar-refractivity contribution is 0.0950. The Morgan fingerprint density at radius 1 is 1.47 bits per heavy atom. The Bertz CT molecular complexity index is 407. The van der Waals surface area contributed by atoms with Crippen molar-refractivity contribution in [1.82, 2.24) is 5.32 Å². The molecule has 2 N–H and O–H groups in total. The van der Waals surface area contributed by atoms with Crippen LogP contribution in [0.25, 0.3) is 0 Å². The first kappa shape index (κ1) is 14.5. The van der Waals surface area contributed by atoms with E-state index in [1.165, 1.54) is 6.07 Å². The Labute approximate surface area is 118 Å². The van der Waals surface area contributed by atoms with E-state index in [0.717, 1.165) is 4.47 Å². The fraction of sp³-hybridized carbons (Fsp3) is 0.417. The van der Waals surface area contributed by atoms with E-state index in [0.29, 0.717) is 12.5 Å². The molecule has 0 aliphatic carbocycles. The lowest BCUT2D eigenvalue weighted by atomic mass is 10.1. The third-order valence-corrected chi connectivity index (χ3v) is 4.26. The number of nitrogens with one attached hydrogen (secondary N) is 1. The maximum atomic E-state index is 11.8. The van der Waals surface area contributed by atoms with Gasteiger partial charge in [0.05, 0.1) is 5.56 Å². The number of carbonyl (C=O) groups excluding carboxylic acids is 1. The summed E-state index contributed by atoms with van der Waals surface area (Å²) in [6.07, 6.45) is 0. The second kappa shape index (κ2) is 6.40. The molecular formula is C12H15Br2NO2. The van der Waals surface area contributed by atoms with Gasteiger partial charge in [-0.15, -0.1) is 0 Å². The molecule has 0 radical (unpaired) electrons. The van der Waals surface area contributed by atoms with Crippen molar-refractivity contribution in [3.63, 3.8) is 0 Å². The van der Waals surface area contributed by atoms with Gasteiger partial charge in [-0.3, -0.25) is 4.79 Å². The van der Waals surface area contributed by atoms with Crippen molar-refractivity contribution in [1.29, 1.82) is 0 Å². The molecule has 0 bridgehead atoms. The number of phenolic OH excluding ortho intramolecular Hbond substituents is 1. The number of hydrogen-bond acceptors (Lipinski definition) is 2. The molecule has 0 aromatic heterocycles. The van der Waals surface area contributed by atoms with Gasteiger partial charge in [0.1, 0.15) is 5.75 Å². The normalized spacial score (nSPS) is 12.5. The van der Waals surface area contributed by atoms with Gasteiger partial charge < -0.3 is 10.4 Å². The van der Waals surface area contributed by atoms with E-state index in [2.05, 4.69) is 51.0 Å². The number of rotatable bonds is 4. The standard InChI is InChI=1S/C12H15Br2NO2/c1-7(2)10(14)6-15-12(17)9-5-8(13)3-4-11(9)16/h3-5,7,10,16H,6H2,1-2H3,(H,15,17). The molecule has 1 unspecified atom stereocenters. The van der Waals surface area contributed by atoms with Crippen molar-refractivity contribution in [2.45, 2.75) is 18.7 Å². The number of alkyl halides is 1. The second-order valence-corrected chi connectivity index (χ2v) is 6.22. The molecule has 0 spiro atoms. The zero-order valence-corrected chi connectivity index (χ0v) is 12.9. The summed E-state index contributed by atoms with van der Waals surface area (Å²) in [6.45, 7) is 4.67. The first-order valence-electron chi connectivity index (χ1n) is 5.32. The maximum absolute atomic E-state index is 11.8. The van der Waals surface area contributed by atoms with Gasteiger partial charge >= 0.3 is 0 Å². The molecule has 1 aromatic carbocycles. The van der Waals surface area contributed by atoms with Gasteiger partial charge in [-0.05, 0) is 24.1 Å². The summed E-state index contributed by atoms with van der Waals surface area (Å²) in [5.41, 5.74) is 0.280. The molecule has 0 saturated heterocycles. The van der Waals surface area contributed by atoms with Crippen LogP contribution >= 0.6 is 31.9 Å². The van der Waals surface area contributed by atoms with E-state index in [1.54, 1.807) is 12.1 Å². The number of hydrogen-bond donors (Lipinski definition) is 2. The largest absolute Gasteiger partial charge is 0.507 e. The number of halogens is 2. The highest BCUT2D eigenvalue weighted by Crippen LogP contribution is 2.21. The zero-order chi connectivity index (χ0) is 13.0. The SMILES string of the molecule is CC(C)C(Br)CNC(=O)c1cc(Br)ccc1O. The van der Waals surface area contributed by atoms with Gasteiger partial charge in [-0.1, -0.05) is 45.7 Å². The van der Waals surface area contributed by atoms with Gasteiger partial charge in [-0.2, -0.15) is 0 Å². The van der Waals surface area contributed by atoms with Crippen molar-refractivity contribution in [3.05, 3.63) is 28.2 Å². The summed E-state index contributed by atoms with van der Waals surface area (Å²) in [5.74, 6) is 0.154. The summed E-state index contributed by atoms with van der Waals surface area (Å²) < 4.78 is 0.764. The Hall–Kier alpha value is -0.550. The summed E-state index contributed by atoms with van der Waals surface area (Å²) in [6, 6.07) is 4.78. The van der Waals surface area contributed by atoms with Crippen molar-refractivity contribution in [2.75, 3.05) is 6.54 Å². The Morgan fingerprint density at radius 3 is 2.71 bits per heavy atom. The molecule has 0 saturated carbocycles. The molecule has 5 heteroatoms. The molecule has 1 atom stereocenters. The lowest BCUT2D eigenvalue weighted by Crippen LogP contribution is -2.31. The number of carbonyl (C=O) groups is 1. The summed E-state index contributed by atoms with van der Waals surface area (Å²) in [4.78, 5) is 12.1. The van der Waals surface area contributed by atoms with Gasteiger partial charge in [-0.25, -0.2) is 0 Å². The lowest BCUT2D eigenvalue weighted by Gasteiger charge is -2.14. The van der Waals surface area contributed by atoms with Gasteiger partial charge in [0, 0.05) is 15.8 Å². The maximum Gasteiger partial charge on any atom is 0.255 e. The van der Waals surface area contributed by atoms with Gasteiger partial charge in [0.2, 0.25) is 0 Å². The molecule has 1 aromatic rings. The van der Waals surface area contributed by atoms with Crippen LogP contribution in [0.1, 0.15) is 24.2 Å². The number of aromatic hydroxyl groups is 1. The molecular weight excluding hydrogens is 350 g/mol. The molecule has 0 aliphatic heterocycles. The molecule has 17 heavy (non-hydrogen) atoms. The third-order valence-electron chi connectivity index (χ3n) is 2.38. The van der Waals surface area contributed by atoms with Crippen LogP contribution in [0.3, 0.4) is 0 Å². The Balaban J connectivity index is 2.67. The predicted molar refractivity (Wildman–Crippen MR) is 75.7 cm³/mol. The molecule has 1 rings (SSSR count). The minimum Gasteiger partial charge on any atom is -0.507 e. The van der Waals surface area contributed by atoms with E-state index < -0.39 is 0 Å². The van der Waals surface area contributed by atoms with Crippen LogP contribution in [-0.4, -0.2) is 22.4 Å². The van der Waals surface area contributed by atoms with Crippen LogP contribution in [0, 0.1) is 5.92 Å². The van der Waals surface area contributed by atoms with Crippen molar-refractivity contribution < 1.29 is 9.90 Å². The quantitative estimate of drug-likeness (QED) is 0.805. The van der Waals surface area contributed by atoms with E-state index in [1.807, 2.05) is 0 Å². The minimum atomic E-state index is -0.270. The first-order chi connectivity index (χ1) is 7.91. The third kappa shape index (κ3) is 4.32. The molecule has 0 aliphatic rings. The summed E-state index contributed by atoms with van der Waals surface area (Å²) >= 11 is 6.76. The van der Waals surface area contributed by atoms with E-state index >= 15 is 0 Å². The zero-order valence-electron chi connectivity index (χ0n) is 9.71. The smallest absolute Gasteiger partial charge is 0.255 e. The van der Waals surface area contributed by atoms with Crippen molar-refractivity contribution in [2.24, 2.45) is 5.92 Å². The van der Waals surface area contributed by atoms with E-state index in [-0.39, 0.29) is 22.0 Å². The topological polar surface area (TPSA) is 49.3 Å². The summed E-state index contributed by atoms with van der Waals surface area (Å²) in [5, 5.41) is 12.4. The van der Waals surface area contributed by atoms with Crippen LogP contribution in [0.15, 0.2) is 22.7 Å². The van der Waals surface area contributed by atoms with Crippen molar-refractivity contribution in [3.8, 4) is 5.75 Å². The van der Waals surface area contributed by atoms with E-state index in [9.17, 15) is 9.90 Å². The van der Waals surface area contributed by atoms with Crippen LogP contribution < -0.4 is 5.32 Å². The first-order valence-corrected chi connectivity index (χ1v) is 7.03. The Morgan fingerprint density at radius 2 is 2.12 bits per heavy atom. The van der Waals surface area contributed by atoms with Crippen molar-refractivity contribution >= 4 is 37.8 Å². The molecule has 0 fully saturated rings. The fourth-order valence-corrected chi connectivity index (χ4v) is 1.73. The Kier molecular flexibility index (Phi) is 5.46. The highest BCUT2D eigenvalue weighted by Gasteiger charge is 2.14. The van der Waals surface area contributed by atoms with Crippen LogP contribution in [0.5, 0.6) is 5.75 Å². The second-order valence-electron chi connectivity index (χ2n) is 4.13. The molecule has 0 heterocycles. The average molecular weight is 365 g/mol. The van der Waals surface area contributed by atoms with Crippen LogP contribution in [-0.2, 0) is 0 Å². The number of phenols is 1. The highest BCUT2D eigenvalue weighted by atomic mass is 79.9. The van der Waals surface area contributed by atoms with Gasteiger partial charge in [0.25, 0.3) is 5.91 Å². The average Bonchev–Trinajstić information content (AvgIpc) is 2.28. The predicted octanol–water partition coefficient (Wildman–Crippen LogP) is 3.30. The number of benzene rings is 1. The summed E-state index contributed by atoms with van der Waals surface area (Å²) in [7, 11) is 0. The molecule has 94 valence electrons. The number of amides is 1. The fourth-order valence-electron chi connectivity index (χ4n) is 1.21. The highest BCUT2D eigenvalue weighted by molar-refractivity contribution is 9.10. The minimum absolute atomic E-state index is 0.0126. The van der Waals surface area contributed by atoms with E-state index in [4.69, 9.17) is 0 Å². The molecule has 1 amide bonds.